The molecule has 2 nitrogen and oxygen atoms in total. The molecule has 0 fully saturated rings. The first-order chi connectivity index (χ1) is 18.3. The Morgan fingerprint density at radius 3 is 2.22 bits per heavy atom. The zero-order chi connectivity index (χ0) is 25.0. The van der Waals surface area contributed by atoms with Gasteiger partial charge < -0.3 is 0 Å². The minimum absolute atomic E-state index is 0.0699. The van der Waals surface area contributed by atoms with Gasteiger partial charge in [-0.15, -0.1) is 0 Å². The number of nitrogens with zero attached hydrogens (tertiary/aromatic N) is 1. The molecule has 0 amide bonds. The van der Waals surface area contributed by atoms with E-state index in [0.29, 0.717) is 5.57 Å². The van der Waals surface area contributed by atoms with Crippen molar-refractivity contribution in [3.05, 3.63) is 150 Å². The van der Waals surface area contributed by atoms with E-state index in [1.165, 1.54) is 10.8 Å². The lowest BCUT2D eigenvalue weighted by atomic mass is 9.91. The molecule has 0 N–H and O–H groups in total. The highest BCUT2D eigenvalue weighted by atomic mass is 16.1. The molecule has 0 saturated heterocycles. The number of pyridine rings is 1. The maximum absolute atomic E-state index is 13.8. The molecule has 0 aliphatic carbocycles. The highest BCUT2D eigenvalue weighted by Crippen LogP contribution is 2.33. The molecule has 5 aromatic carbocycles. The monoisotopic (exact) mass is 475 g/mol. The number of fused-ring (bicyclic) bond motifs is 2. The Morgan fingerprint density at radius 2 is 1.41 bits per heavy atom. The third-order valence-corrected chi connectivity index (χ3v) is 6.76. The van der Waals surface area contributed by atoms with Gasteiger partial charge in [-0.05, 0) is 56.8 Å². The summed E-state index contributed by atoms with van der Waals surface area (Å²) in [5.74, 6) is 0.0699. The Morgan fingerprint density at radius 1 is 0.676 bits per heavy atom. The number of Topliss-reactive ketones (excluding diaryl/α,β-unsaturated/α-hetero) is 1. The zero-order valence-electron chi connectivity index (χ0n) is 20.3. The smallest absolute Gasteiger partial charge is 0.167 e. The first-order valence-corrected chi connectivity index (χ1v) is 12.5. The first-order valence-electron chi connectivity index (χ1n) is 12.5. The molecular formula is C35H25NO. The highest BCUT2D eigenvalue weighted by Gasteiger charge is 2.16. The zero-order valence-corrected chi connectivity index (χ0v) is 20.3. The van der Waals surface area contributed by atoms with E-state index in [4.69, 9.17) is 4.98 Å². The predicted molar refractivity (Wildman–Crippen MR) is 154 cm³/mol. The summed E-state index contributed by atoms with van der Waals surface area (Å²) >= 11 is 0. The van der Waals surface area contributed by atoms with Crippen LogP contribution in [0.1, 0.15) is 16.7 Å². The Labute approximate surface area is 216 Å². The highest BCUT2D eigenvalue weighted by molar-refractivity contribution is 6.26. The van der Waals surface area contributed by atoms with E-state index in [9.17, 15) is 4.79 Å². The van der Waals surface area contributed by atoms with E-state index in [1.807, 2.05) is 72.8 Å². The van der Waals surface area contributed by atoms with E-state index in [0.717, 1.165) is 38.7 Å². The van der Waals surface area contributed by atoms with E-state index < -0.39 is 0 Å². The van der Waals surface area contributed by atoms with Gasteiger partial charge in [0.2, 0.25) is 0 Å². The van der Waals surface area contributed by atoms with Gasteiger partial charge >= 0.3 is 0 Å². The molecule has 0 unspecified atom stereocenters. The molecule has 0 radical (unpaired) electrons. The van der Waals surface area contributed by atoms with Crippen molar-refractivity contribution in [1.29, 1.82) is 0 Å². The molecule has 6 rings (SSSR count). The molecule has 2 heteroatoms. The van der Waals surface area contributed by atoms with Crippen molar-refractivity contribution in [2.75, 3.05) is 0 Å². The number of benzene rings is 5. The number of aromatic nitrogens is 1. The van der Waals surface area contributed by atoms with Crippen LogP contribution in [0.5, 0.6) is 0 Å². The first kappa shape index (κ1) is 22.6. The second-order valence-electron chi connectivity index (χ2n) is 9.17. The number of allylic oxidation sites excluding steroid dienone is 1. The van der Waals surface area contributed by atoms with Crippen LogP contribution in [-0.2, 0) is 11.2 Å². The van der Waals surface area contributed by atoms with Crippen LogP contribution in [0.4, 0.5) is 0 Å². The molecule has 1 aromatic heterocycles. The average molecular weight is 476 g/mol. The van der Waals surface area contributed by atoms with Crippen LogP contribution in [-0.4, -0.2) is 10.8 Å². The Bertz CT molecular complexity index is 1750. The summed E-state index contributed by atoms with van der Waals surface area (Å²) < 4.78 is 0. The van der Waals surface area contributed by atoms with Gasteiger partial charge in [0.15, 0.2) is 5.78 Å². The summed E-state index contributed by atoms with van der Waals surface area (Å²) in [5.41, 5.74) is 6.69. The second kappa shape index (κ2) is 10.0. The number of ketones is 1. The van der Waals surface area contributed by atoms with Crippen LogP contribution in [0, 0.1) is 0 Å². The summed E-state index contributed by atoms with van der Waals surface area (Å²) in [5, 5.41) is 3.47. The van der Waals surface area contributed by atoms with Gasteiger partial charge in [0.25, 0.3) is 0 Å². The summed E-state index contributed by atoms with van der Waals surface area (Å²) in [7, 11) is 0. The molecule has 0 saturated carbocycles. The predicted octanol–water partition coefficient (Wildman–Crippen LogP) is 8.41. The Hall–Kier alpha value is -4.82. The molecule has 0 aliphatic heterocycles. The van der Waals surface area contributed by atoms with E-state index in [1.54, 1.807) is 6.20 Å². The maximum atomic E-state index is 13.8. The SMILES string of the molecule is O=C(Cc1ccc(-c2ccc3ccccc3c2)c2cccnc12)/C(=C/c1ccccc1)c1ccccc1. The summed E-state index contributed by atoms with van der Waals surface area (Å²) in [6.07, 6.45) is 4.06. The molecule has 1 heterocycles. The lowest BCUT2D eigenvalue weighted by Crippen LogP contribution is -2.07. The third-order valence-electron chi connectivity index (χ3n) is 6.76. The van der Waals surface area contributed by atoms with E-state index in [-0.39, 0.29) is 12.2 Å². The van der Waals surface area contributed by atoms with Crippen molar-refractivity contribution in [2.45, 2.75) is 6.42 Å². The Kier molecular flexibility index (Phi) is 6.14. The summed E-state index contributed by atoms with van der Waals surface area (Å²) in [6.45, 7) is 0. The third kappa shape index (κ3) is 4.70. The lowest BCUT2D eigenvalue weighted by molar-refractivity contribution is -0.113. The van der Waals surface area contributed by atoms with Crippen LogP contribution in [0.3, 0.4) is 0 Å². The van der Waals surface area contributed by atoms with Gasteiger partial charge in [-0.3, -0.25) is 9.78 Å². The molecule has 0 atom stereocenters. The van der Waals surface area contributed by atoms with Crippen LogP contribution < -0.4 is 0 Å². The van der Waals surface area contributed by atoms with Crippen molar-refractivity contribution in [3.8, 4) is 11.1 Å². The fraction of sp³-hybridized carbons (Fsp3) is 0.0286. The van der Waals surface area contributed by atoms with E-state index in [2.05, 4.69) is 60.7 Å². The molecule has 37 heavy (non-hydrogen) atoms. The fourth-order valence-electron chi connectivity index (χ4n) is 4.91. The van der Waals surface area contributed by atoms with Crippen molar-refractivity contribution in [1.82, 2.24) is 4.98 Å². The quantitative estimate of drug-likeness (QED) is 0.179. The van der Waals surface area contributed by atoms with Gasteiger partial charge in [-0.25, -0.2) is 0 Å². The normalized spacial score (nSPS) is 11.6. The van der Waals surface area contributed by atoms with Crippen molar-refractivity contribution >= 4 is 39.1 Å². The van der Waals surface area contributed by atoms with Crippen molar-refractivity contribution in [2.24, 2.45) is 0 Å². The molecule has 0 bridgehead atoms. The number of hydrogen-bond acceptors (Lipinski definition) is 2. The van der Waals surface area contributed by atoms with Gasteiger partial charge in [0.05, 0.1) is 5.52 Å². The van der Waals surface area contributed by atoms with Crippen LogP contribution in [0.15, 0.2) is 134 Å². The van der Waals surface area contributed by atoms with Crippen molar-refractivity contribution in [3.63, 3.8) is 0 Å². The fourth-order valence-corrected chi connectivity index (χ4v) is 4.91. The number of hydrogen-bond donors (Lipinski definition) is 0. The standard InChI is InChI=1S/C35H25NO/c37-34(33(27-13-5-2-6-14-27)22-25-10-3-1-4-11-25)24-30-19-20-31(32-16-9-21-36-35(30)32)29-18-17-26-12-7-8-15-28(26)23-29/h1-23H,24H2/b33-22+. The van der Waals surface area contributed by atoms with Gasteiger partial charge in [-0.1, -0.05) is 115 Å². The van der Waals surface area contributed by atoms with Crippen LogP contribution >= 0.6 is 0 Å². The molecule has 176 valence electrons. The lowest BCUT2D eigenvalue weighted by Gasteiger charge is -2.13. The van der Waals surface area contributed by atoms with Gasteiger partial charge in [0.1, 0.15) is 0 Å². The average Bonchev–Trinajstić information content (AvgIpc) is 2.97. The second-order valence-corrected chi connectivity index (χ2v) is 9.17. The maximum Gasteiger partial charge on any atom is 0.167 e. The number of carbonyl (C=O) groups excluding carboxylic acids is 1. The van der Waals surface area contributed by atoms with Crippen LogP contribution in [0.2, 0.25) is 0 Å². The number of rotatable bonds is 6. The topological polar surface area (TPSA) is 30.0 Å². The van der Waals surface area contributed by atoms with Gasteiger partial charge in [0, 0.05) is 23.6 Å². The minimum Gasteiger partial charge on any atom is -0.294 e. The minimum atomic E-state index is 0.0699. The largest absolute Gasteiger partial charge is 0.294 e. The van der Waals surface area contributed by atoms with Gasteiger partial charge in [-0.2, -0.15) is 0 Å². The molecule has 0 aliphatic rings. The summed E-state index contributed by atoms with van der Waals surface area (Å²) in [4.78, 5) is 18.5. The molecule has 6 aromatic rings. The van der Waals surface area contributed by atoms with Crippen molar-refractivity contribution < 1.29 is 4.79 Å². The van der Waals surface area contributed by atoms with E-state index >= 15 is 0 Å². The number of carbonyl (C=O) groups is 1. The Balaban J connectivity index is 1.41. The molecule has 0 spiro atoms. The summed E-state index contributed by atoms with van der Waals surface area (Å²) in [6, 6.07) is 43.0. The molecular weight excluding hydrogens is 450 g/mol. The van der Waals surface area contributed by atoms with Crippen LogP contribution in [0.25, 0.3) is 44.5 Å².